The lowest BCUT2D eigenvalue weighted by Gasteiger charge is -2.27. The fourth-order valence-electron chi connectivity index (χ4n) is 3.53. The number of rotatable bonds is 3. The number of anilines is 1. The molecule has 1 atom stereocenters. The number of hydrogen-bond acceptors (Lipinski definition) is 5. The number of benzene rings is 1. The molecule has 136 valence electrons. The van der Waals surface area contributed by atoms with Crippen molar-refractivity contribution in [2.24, 2.45) is 11.7 Å². The monoisotopic (exact) mass is 349 g/mol. The molecule has 0 saturated carbocycles. The second kappa shape index (κ2) is 5.87. The Bertz CT molecular complexity index is 941. The number of halogens is 1. The van der Waals surface area contributed by atoms with Crippen LogP contribution in [0.25, 0.3) is 10.9 Å². The van der Waals surface area contributed by atoms with E-state index in [0.29, 0.717) is 35.5 Å². The topological polar surface area (TPSA) is 99.3 Å². The van der Waals surface area contributed by atoms with E-state index in [4.69, 9.17) is 11.6 Å². The van der Waals surface area contributed by atoms with Crippen molar-refractivity contribution in [1.29, 1.82) is 0 Å². The Morgan fingerprint density at radius 1 is 1.32 bits per heavy atom. The number of nitrogen functional groups attached to an aromatic ring is 1. The minimum atomic E-state index is -0.697. The molecule has 1 aliphatic heterocycles. The maximum absolute atomic E-state index is 14.7. The Balaban J connectivity index is 2.16. The van der Waals surface area contributed by atoms with Gasteiger partial charge in [-0.05, 0) is 45.2 Å². The number of nitrogens with two attached hydrogens (primary N) is 2. The van der Waals surface area contributed by atoms with Crippen LogP contribution in [0.5, 0.6) is 0 Å². The molecule has 0 radical (unpaired) electrons. The Kier molecular flexibility index (Phi) is 4.10. The van der Waals surface area contributed by atoms with E-state index in [0.717, 1.165) is 6.42 Å². The van der Waals surface area contributed by atoms with Crippen LogP contribution in [0.3, 0.4) is 0 Å². The zero-order valence-corrected chi connectivity index (χ0v) is 14.8. The van der Waals surface area contributed by atoms with Gasteiger partial charge in [0.25, 0.3) is 5.56 Å². The first-order chi connectivity index (χ1) is 11.6. The van der Waals surface area contributed by atoms with Gasteiger partial charge in [-0.25, -0.2) is 9.18 Å². The molecule has 8 heteroatoms. The minimum absolute atomic E-state index is 0.0973. The van der Waals surface area contributed by atoms with Crippen LogP contribution in [0.15, 0.2) is 21.7 Å². The van der Waals surface area contributed by atoms with E-state index in [1.54, 1.807) is 13.0 Å². The second-order valence-corrected chi connectivity index (χ2v) is 7.28. The second-order valence-electron chi connectivity index (χ2n) is 7.28. The quantitative estimate of drug-likeness (QED) is 0.791. The van der Waals surface area contributed by atoms with E-state index in [1.165, 1.54) is 10.6 Å². The van der Waals surface area contributed by atoms with Gasteiger partial charge in [-0.15, -0.1) is 0 Å². The Labute approximate surface area is 144 Å². The average Bonchev–Trinajstić information content (AvgIpc) is 3.03. The van der Waals surface area contributed by atoms with E-state index < -0.39 is 17.1 Å². The number of hydrogen-bond donors (Lipinski definition) is 2. The van der Waals surface area contributed by atoms with E-state index in [1.807, 2.05) is 18.7 Å². The SMILES string of the molecule is CCn1c(=O)n(N)c(=O)c2cc(F)c(N3CC[C@@H](C(C)(C)N)C3)cc21. The highest BCUT2D eigenvalue weighted by Gasteiger charge is 2.33. The molecule has 1 saturated heterocycles. The standard InChI is InChI=1S/C17H24FN5O2/c1-4-22-13-8-14(21-6-5-10(9-21)17(2,3)19)12(18)7-11(13)15(24)23(20)16(22)25/h7-8,10H,4-6,9,19-20H2,1-3H3/t10-/m1/s1. The molecule has 2 heterocycles. The van der Waals surface area contributed by atoms with Gasteiger partial charge in [0, 0.05) is 25.2 Å². The number of aryl methyl sites for hydroxylation is 1. The third-order valence-electron chi connectivity index (χ3n) is 5.14. The van der Waals surface area contributed by atoms with Crippen molar-refractivity contribution in [3.63, 3.8) is 0 Å². The molecule has 0 amide bonds. The predicted octanol–water partition coefficient (Wildman–Crippen LogP) is 0.600. The van der Waals surface area contributed by atoms with E-state index in [9.17, 15) is 14.0 Å². The zero-order chi connectivity index (χ0) is 18.5. The van der Waals surface area contributed by atoms with E-state index in [2.05, 4.69) is 0 Å². The normalized spacial score (nSPS) is 18.3. The number of nitrogens with zero attached hydrogens (tertiary/aromatic N) is 3. The largest absolute Gasteiger partial charge is 0.369 e. The van der Waals surface area contributed by atoms with Gasteiger partial charge in [-0.2, -0.15) is 4.68 Å². The molecule has 1 fully saturated rings. The van der Waals surface area contributed by atoms with Crippen LogP contribution in [0, 0.1) is 11.7 Å². The van der Waals surface area contributed by atoms with Crippen molar-refractivity contribution < 1.29 is 4.39 Å². The van der Waals surface area contributed by atoms with Crippen molar-refractivity contribution in [3.8, 4) is 0 Å². The van der Waals surface area contributed by atoms with Crippen molar-refractivity contribution in [1.82, 2.24) is 9.24 Å². The van der Waals surface area contributed by atoms with Gasteiger partial charge in [-0.1, -0.05) is 0 Å². The molecule has 0 bridgehead atoms. The lowest BCUT2D eigenvalue weighted by atomic mass is 9.88. The van der Waals surface area contributed by atoms with Crippen molar-refractivity contribution in [2.45, 2.75) is 39.3 Å². The summed E-state index contributed by atoms with van der Waals surface area (Å²) in [6, 6.07) is 2.74. The average molecular weight is 349 g/mol. The molecular formula is C17H24FN5O2. The van der Waals surface area contributed by atoms with Crippen LogP contribution in [-0.2, 0) is 6.54 Å². The summed E-state index contributed by atoms with van der Waals surface area (Å²) in [6.45, 7) is 7.36. The highest BCUT2D eigenvalue weighted by molar-refractivity contribution is 5.82. The Morgan fingerprint density at radius 2 is 2.00 bits per heavy atom. The third-order valence-corrected chi connectivity index (χ3v) is 5.14. The summed E-state index contributed by atoms with van der Waals surface area (Å²) in [7, 11) is 0. The first kappa shape index (κ1) is 17.5. The fourth-order valence-corrected chi connectivity index (χ4v) is 3.53. The van der Waals surface area contributed by atoms with Gasteiger partial charge < -0.3 is 16.5 Å². The van der Waals surface area contributed by atoms with Crippen LogP contribution in [0.2, 0.25) is 0 Å². The highest BCUT2D eigenvalue weighted by atomic mass is 19.1. The first-order valence-corrected chi connectivity index (χ1v) is 8.43. The molecule has 4 N–H and O–H groups in total. The van der Waals surface area contributed by atoms with Crippen molar-refractivity contribution in [2.75, 3.05) is 23.8 Å². The van der Waals surface area contributed by atoms with Gasteiger partial charge >= 0.3 is 5.69 Å². The minimum Gasteiger partial charge on any atom is -0.369 e. The Morgan fingerprint density at radius 3 is 2.56 bits per heavy atom. The van der Waals surface area contributed by atoms with Gasteiger partial charge in [0.1, 0.15) is 5.82 Å². The smallest absolute Gasteiger partial charge is 0.350 e. The van der Waals surface area contributed by atoms with Crippen LogP contribution in [-0.4, -0.2) is 27.9 Å². The maximum Gasteiger partial charge on any atom is 0.350 e. The molecule has 1 aliphatic rings. The summed E-state index contributed by atoms with van der Waals surface area (Å²) in [5.74, 6) is 5.27. The van der Waals surface area contributed by atoms with E-state index >= 15 is 0 Å². The maximum atomic E-state index is 14.7. The van der Waals surface area contributed by atoms with Crippen LogP contribution < -0.4 is 27.7 Å². The molecule has 0 spiro atoms. The number of aromatic nitrogens is 2. The zero-order valence-electron chi connectivity index (χ0n) is 14.8. The van der Waals surface area contributed by atoms with Crippen molar-refractivity contribution >= 4 is 16.6 Å². The summed E-state index contributed by atoms with van der Waals surface area (Å²) in [5, 5.41) is 0.0973. The molecular weight excluding hydrogens is 325 g/mol. The summed E-state index contributed by atoms with van der Waals surface area (Å²) in [4.78, 5) is 26.3. The van der Waals surface area contributed by atoms with Gasteiger partial charge in [0.2, 0.25) is 0 Å². The predicted molar refractivity (Wildman–Crippen MR) is 96.8 cm³/mol. The van der Waals surface area contributed by atoms with Crippen LogP contribution >= 0.6 is 0 Å². The lowest BCUT2D eigenvalue weighted by molar-refractivity contribution is 0.348. The molecule has 25 heavy (non-hydrogen) atoms. The molecule has 7 nitrogen and oxygen atoms in total. The summed E-state index contributed by atoms with van der Waals surface area (Å²) in [6.07, 6.45) is 0.867. The van der Waals surface area contributed by atoms with Gasteiger partial charge in [0.15, 0.2) is 0 Å². The fraction of sp³-hybridized carbons (Fsp3) is 0.529. The summed E-state index contributed by atoms with van der Waals surface area (Å²) < 4.78 is 16.6. The molecule has 0 aliphatic carbocycles. The van der Waals surface area contributed by atoms with E-state index in [-0.39, 0.29) is 16.8 Å². The number of fused-ring (bicyclic) bond motifs is 1. The third kappa shape index (κ3) is 2.80. The van der Waals surface area contributed by atoms with Crippen LogP contribution in [0.4, 0.5) is 10.1 Å². The van der Waals surface area contributed by atoms with Crippen LogP contribution in [0.1, 0.15) is 27.2 Å². The van der Waals surface area contributed by atoms with Gasteiger partial charge in [0.05, 0.1) is 16.6 Å². The molecule has 2 aromatic rings. The lowest BCUT2D eigenvalue weighted by Crippen LogP contribution is -2.44. The van der Waals surface area contributed by atoms with Crippen molar-refractivity contribution in [3.05, 3.63) is 38.8 Å². The molecule has 1 aromatic carbocycles. The Hall–Kier alpha value is -2.35. The molecule has 3 rings (SSSR count). The highest BCUT2D eigenvalue weighted by Crippen LogP contribution is 2.32. The summed E-state index contributed by atoms with van der Waals surface area (Å²) >= 11 is 0. The first-order valence-electron chi connectivity index (χ1n) is 8.43. The molecule has 0 unspecified atom stereocenters. The molecule has 1 aromatic heterocycles. The summed E-state index contributed by atoms with van der Waals surface area (Å²) in [5.41, 5.74) is 5.31. The van der Waals surface area contributed by atoms with Gasteiger partial charge in [-0.3, -0.25) is 9.36 Å².